The normalized spacial score (nSPS) is 11.6. The molecule has 1 aromatic heterocycles. The quantitative estimate of drug-likeness (QED) is 0.554. The summed E-state index contributed by atoms with van der Waals surface area (Å²) in [7, 11) is -2.93. The molecule has 5 nitrogen and oxygen atoms in total. The zero-order valence-corrected chi connectivity index (χ0v) is 14.9. The van der Waals surface area contributed by atoms with Crippen LogP contribution in [0.3, 0.4) is 0 Å². The molecule has 0 saturated heterocycles. The van der Waals surface area contributed by atoms with Crippen molar-refractivity contribution in [2.24, 2.45) is 0 Å². The number of rotatable bonds is 9. The highest BCUT2D eigenvalue weighted by atomic mass is 32.2. The van der Waals surface area contributed by atoms with Gasteiger partial charge in [0.1, 0.15) is 26.5 Å². The van der Waals surface area contributed by atoms with E-state index in [1.807, 2.05) is 6.92 Å². The number of thioether (sulfide) groups is 1. The fourth-order valence-electron chi connectivity index (χ4n) is 1.72. The maximum absolute atomic E-state index is 11.2. The van der Waals surface area contributed by atoms with Crippen molar-refractivity contribution in [1.82, 2.24) is 9.97 Å². The van der Waals surface area contributed by atoms with Crippen LogP contribution in [0.5, 0.6) is 0 Å². The van der Waals surface area contributed by atoms with Gasteiger partial charge in [0.2, 0.25) is 0 Å². The molecule has 0 unspecified atom stereocenters. The standard InChI is InChI=1S/C14H25N3O2S2/c1-5-7-12-16-13(15-8-6-2)11(3)14(17-12)20-9-10-21(4,18)19/h5-10H2,1-4H3,(H,15,16,17). The molecule has 21 heavy (non-hydrogen) atoms. The third-order valence-electron chi connectivity index (χ3n) is 2.86. The van der Waals surface area contributed by atoms with Gasteiger partial charge in [-0.3, -0.25) is 0 Å². The summed E-state index contributed by atoms with van der Waals surface area (Å²) in [5.74, 6) is 2.39. The van der Waals surface area contributed by atoms with Crippen molar-refractivity contribution in [2.75, 3.05) is 29.6 Å². The summed E-state index contributed by atoms with van der Waals surface area (Å²) >= 11 is 1.49. The van der Waals surface area contributed by atoms with Crippen molar-refractivity contribution in [1.29, 1.82) is 0 Å². The molecular weight excluding hydrogens is 306 g/mol. The first-order chi connectivity index (χ1) is 9.87. The molecule has 1 heterocycles. The van der Waals surface area contributed by atoms with Crippen LogP contribution in [0, 0.1) is 6.92 Å². The molecule has 1 aromatic rings. The maximum atomic E-state index is 11.2. The summed E-state index contributed by atoms with van der Waals surface area (Å²) in [6.07, 6.45) is 4.12. The molecule has 1 N–H and O–H groups in total. The van der Waals surface area contributed by atoms with E-state index in [2.05, 4.69) is 29.1 Å². The van der Waals surface area contributed by atoms with Crippen LogP contribution >= 0.6 is 11.8 Å². The summed E-state index contributed by atoms with van der Waals surface area (Å²) in [4.78, 5) is 9.13. The minimum Gasteiger partial charge on any atom is -0.370 e. The second kappa shape index (κ2) is 8.58. The molecular formula is C14H25N3O2S2. The minimum absolute atomic E-state index is 0.169. The summed E-state index contributed by atoms with van der Waals surface area (Å²) < 4.78 is 22.5. The lowest BCUT2D eigenvalue weighted by Gasteiger charge is -2.13. The number of nitrogens with zero attached hydrogens (tertiary/aromatic N) is 2. The third-order valence-corrected chi connectivity index (χ3v) is 5.14. The average Bonchev–Trinajstić information content (AvgIpc) is 2.39. The van der Waals surface area contributed by atoms with E-state index in [1.165, 1.54) is 18.0 Å². The van der Waals surface area contributed by atoms with Gasteiger partial charge in [0, 0.05) is 30.5 Å². The van der Waals surface area contributed by atoms with Crippen molar-refractivity contribution >= 4 is 27.4 Å². The largest absolute Gasteiger partial charge is 0.370 e. The van der Waals surface area contributed by atoms with E-state index in [4.69, 9.17) is 0 Å². The predicted octanol–water partition coefficient (Wildman–Crippen LogP) is 2.70. The van der Waals surface area contributed by atoms with Gasteiger partial charge in [0.15, 0.2) is 0 Å². The van der Waals surface area contributed by atoms with E-state index in [-0.39, 0.29) is 5.75 Å². The van der Waals surface area contributed by atoms with Gasteiger partial charge in [-0.25, -0.2) is 18.4 Å². The fourth-order valence-corrected chi connectivity index (χ4v) is 3.94. The number of hydrogen-bond acceptors (Lipinski definition) is 6. The van der Waals surface area contributed by atoms with E-state index in [0.29, 0.717) is 5.75 Å². The Morgan fingerprint density at radius 1 is 1.19 bits per heavy atom. The Morgan fingerprint density at radius 2 is 1.90 bits per heavy atom. The van der Waals surface area contributed by atoms with Gasteiger partial charge in [0.25, 0.3) is 0 Å². The van der Waals surface area contributed by atoms with Crippen LogP contribution in [0.1, 0.15) is 38.1 Å². The third kappa shape index (κ3) is 6.65. The van der Waals surface area contributed by atoms with Crippen LogP contribution in [-0.4, -0.2) is 42.7 Å². The number of hydrogen-bond donors (Lipinski definition) is 1. The highest BCUT2D eigenvalue weighted by molar-refractivity contribution is 8.00. The maximum Gasteiger partial charge on any atom is 0.148 e. The Hall–Kier alpha value is -0.820. The van der Waals surface area contributed by atoms with E-state index in [1.54, 1.807) is 0 Å². The Labute approximate surface area is 132 Å². The molecule has 0 bridgehead atoms. The van der Waals surface area contributed by atoms with Gasteiger partial charge in [0.05, 0.1) is 5.75 Å². The molecule has 0 atom stereocenters. The van der Waals surface area contributed by atoms with Crippen LogP contribution in [0.2, 0.25) is 0 Å². The first-order valence-electron chi connectivity index (χ1n) is 7.29. The number of anilines is 1. The minimum atomic E-state index is -2.93. The molecule has 0 aliphatic heterocycles. The van der Waals surface area contributed by atoms with Crippen molar-refractivity contribution in [3.05, 3.63) is 11.4 Å². The van der Waals surface area contributed by atoms with Crippen LogP contribution in [0.15, 0.2) is 5.03 Å². The highest BCUT2D eigenvalue weighted by Crippen LogP contribution is 2.25. The van der Waals surface area contributed by atoms with Crippen molar-refractivity contribution in [3.63, 3.8) is 0 Å². The summed E-state index contributed by atoms with van der Waals surface area (Å²) in [6, 6.07) is 0. The second-order valence-corrected chi connectivity index (χ2v) is 8.42. The monoisotopic (exact) mass is 331 g/mol. The molecule has 0 spiro atoms. The zero-order valence-electron chi connectivity index (χ0n) is 13.3. The van der Waals surface area contributed by atoms with Crippen molar-refractivity contribution in [3.8, 4) is 0 Å². The Kier molecular flexibility index (Phi) is 7.45. The summed E-state index contributed by atoms with van der Waals surface area (Å²) in [5.41, 5.74) is 1.00. The van der Waals surface area contributed by atoms with Gasteiger partial charge in [-0.15, -0.1) is 11.8 Å². The summed E-state index contributed by atoms with van der Waals surface area (Å²) in [6.45, 7) is 7.06. The molecule has 1 rings (SSSR count). The molecule has 0 fully saturated rings. The average molecular weight is 332 g/mol. The smallest absolute Gasteiger partial charge is 0.148 e. The van der Waals surface area contributed by atoms with Gasteiger partial charge < -0.3 is 5.32 Å². The lowest BCUT2D eigenvalue weighted by atomic mass is 10.3. The molecule has 0 aliphatic rings. The van der Waals surface area contributed by atoms with E-state index >= 15 is 0 Å². The van der Waals surface area contributed by atoms with E-state index in [9.17, 15) is 8.42 Å². The number of aryl methyl sites for hydroxylation is 1. The Bertz CT molecular complexity index is 560. The van der Waals surface area contributed by atoms with Crippen LogP contribution < -0.4 is 5.32 Å². The molecule has 7 heteroatoms. The van der Waals surface area contributed by atoms with Crippen molar-refractivity contribution < 1.29 is 8.42 Å². The second-order valence-electron chi connectivity index (χ2n) is 5.07. The van der Waals surface area contributed by atoms with Crippen LogP contribution in [-0.2, 0) is 16.3 Å². The van der Waals surface area contributed by atoms with Crippen LogP contribution in [0.25, 0.3) is 0 Å². The lowest BCUT2D eigenvalue weighted by molar-refractivity contribution is 0.603. The number of aromatic nitrogens is 2. The number of nitrogens with one attached hydrogen (secondary N) is 1. The molecule has 0 aliphatic carbocycles. The first kappa shape index (κ1) is 18.2. The summed E-state index contributed by atoms with van der Waals surface area (Å²) in [5, 5.41) is 4.21. The van der Waals surface area contributed by atoms with Crippen LogP contribution in [0.4, 0.5) is 5.82 Å². The topological polar surface area (TPSA) is 72.0 Å². The van der Waals surface area contributed by atoms with E-state index in [0.717, 1.165) is 48.0 Å². The Morgan fingerprint density at radius 3 is 2.48 bits per heavy atom. The lowest BCUT2D eigenvalue weighted by Crippen LogP contribution is -2.10. The zero-order chi connectivity index (χ0) is 15.9. The van der Waals surface area contributed by atoms with Gasteiger partial charge in [-0.05, 0) is 19.8 Å². The van der Waals surface area contributed by atoms with Gasteiger partial charge >= 0.3 is 0 Å². The SMILES string of the molecule is CCCNc1nc(CCC)nc(SCCS(C)(=O)=O)c1C. The molecule has 0 saturated carbocycles. The van der Waals surface area contributed by atoms with Gasteiger partial charge in [-0.2, -0.15) is 0 Å². The number of sulfone groups is 1. The van der Waals surface area contributed by atoms with Crippen molar-refractivity contribution in [2.45, 2.75) is 45.1 Å². The molecule has 0 radical (unpaired) electrons. The first-order valence-corrected chi connectivity index (χ1v) is 10.3. The predicted molar refractivity (Wildman–Crippen MR) is 90.0 cm³/mol. The molecule has 120 valence electrons. The van der Waals surface area contributed by atoms with Gasteiger partial charge in [-0.1, -0.05) is 13.8 Å². The molecule has 0 amide bonds. The molecule has 0 aromatic carbocycles. The van der Waals surface area contributed by atoms with E-state index < -0.39 is 9.84 Å². The Balaban J connectivity index is 2.91. The fraction of sp³-hybridized carbons (Fsp3) is 0.714. The highest BCUT2D eigenvalue weighted by Gasteiger charge is 2.12.